The number of hydrogen-bond donors (Lipinski definition) is 2. The zero-order chi connectivity index (χ0) is 19.7. The SMILES string of the molecule is CCn1cc(C(=O)O)c(=O)c2cc(F)c(N3CCN(C(N)=NC)CC3)cc21. The van der Waals surface area contributed by atoms with E-state index in [1.165, 1.54) is 6.20 Å². The zero-order valence-corrected chi connectivity index (χ0v) is 15.3. The number of carboxylic acids is 1. The van der Waals surface area contributed by atoms with Crippen LogP contribution in [0.4, 0.5) is 10.1 Å². The number of carbonyl (C=O) groups is 1. The van der Waals surface area contributed by atoms with Crippen molar-refractivity contribution in [3.8, 4) is 0 Å². The molecule has 0 spiro atoms. The topological polar surface area (TPSA) is 104 Å². The summed E-state index contributed by atoms with van der Waals surface area (Å²) >= 11 is 0. The Balaban J connectivity index is 2.04. The molecule has 27 heavy (non-hydrogen) atoms. The molecule has 0 unspecified atom stereocenters. The number of aliphatic imine (C=N–C) groups is 1. The van der Waals surface area contributed by atoms with Gasteiger partial charge in [-0.1, -0.05) is 0 Å². The van der Waals surface area contributed by atoms with Crippen molar-refractivity contribution in [3.63, 3.8) is 0 Å². The molecule has 2 heterocycles. The van der Waals surface area contributed by atoms with Crippen LogP contribution >= 0.6 is 0 Å². The Morgan fingerprint density at radius 3 is 2.52 bits per heavy atom. The van der Waals surface area contributed by atoms with Crippen molar-refractivity contribution in [2.24, 2.45) is 10.7 Å². The van der Waals surface area contributed by atoms with Gasteiger partial charge in [0.2, 0.25) is 5.43 Å². The van der Waals surface area contributed by atoms with Crippen LogP contribution in [0, 0.1) is 5.82 Å². The van der Waals surface area contributed by atoms with E-state index in [4.69, 9.17) is 5.73 Å². The number of carboxylic acid groups (broad SMARTS) is 1. The molecule has 3 N–H and O–H groups in total. The summed E-state index contributed by atoms with van der Waals surface area (Å²) in [7, 11) is 1.63. The third-order valence-corrected chi connectivity index (χ3v) is 4.89. The Bertz CT molecular complexity index is 977. The van der Waals surface area contributed by atoms with Crippen molar-refractivity contribution in [2.45, 2.75) is 13.5 Å². The number of nitrogens with zero attached hydrogens (tertiary/aromatic N) is 4. The van der Waals surface area contributed by atoms with Crippen LogP contribution in [0.15, 0.2) is 28.1 Å². The van der Waals surface area contributed by atoms with E-state index in [2.05, 4.69) is 4.99 Å². The minimum atomic E-state index is -1.32. The fourth-order valence-corrected chi connectivity index (χ4v) is 3.37. The molecule has 0 radical (unpaired) electrons. The lowest BCUT2D eigenvalue weighted by molar-refractivity contribution is 0.0695. The highest BCUT2D eigenvalue weighted by Gasteiger charge is 2.23. The van der Waals surface area contributed by atoms with Crippen LogP contribution in [0.5, 0.6) is 0 Å². The molecule has 3 rings (SSSR count). The van der Waals surface area contributed by atoms with E-state index in [1.54, 1.807) is 17.7 Å². The molecule has 0 aliphatic carbocycles. The molecule has 144 valence electrons. The minimum Gasteiger partial charge on any atom is -0.477 e. The Morgan fingerprint density at radius 1 is 1.30 bits per heavy atom. The Morgan fingerprint density at radius 2 is 1.96 bits per heavy atom. The van der Waals surface area contributed by atoms with E-state index in [0.717, 1.165) is 6.07 Å². The zero-order valence-electron chi connectivity index (χ0n) is 15.3. The van der Waals surface area contributed by atoms with Gasteiger partial charge in [-0.2, -0.15) is 0 Å². The summed E-state index contributed by atoms with van der Waals surface area (Å²) in [6, 6.07) is 2.76. The minimum absolute atomic E-state index is 0.0685. The normalized spacial score (nSPS) is 15.4. The van der Waals surface area contributed by atoms with Crippen molar-refractivity contribution in [1.29, 1.82) is 0 Å². The quantitative estimate of drug-likeness (QED) is 0.611. The maximum Gasteiger partial charge on any atom is 0.341 e. The van der Waals surface area contributed by atoms with E-state index < -0.39 is 17.2 Å². The van der Waals surface area contributed by atoms with Crippen molar-refractivity contribution in [1.82, 2.24) is 9.47 Å². The number of hydrogen-bond acceptors (Lipinski definition) is 4. The summed E-state index contributed by atoms with van der Waals surface area (Å²) in [6.45, 7) is 4.63. The van der Waals surface area contributed by atoms with Gasteiger partial charge in [-0.25, -0.2) is 9.18 Å². The predicted octanol–water partition coefficient (Wildman–Crippen LogP) is 0.925. The second-order valence-electron chi connectivity index (χ2n) is 6.34. The molecular formula is C18H22FN5O3. The number of fused-ring (bicyclic) bond motifs is 1. The van der Waals surface area contributed by atoms with Gasteiger partial charge >= 0.3 is 5.97 Å². The third-order valence-electron chi connectivity index (χ3n) is 4.89. The fourth-order valence-electron chi connectivity index (χ4n) is 3.37. The monoisotopic (exact) mass is 375 g/mol. The third kappa shape index (κ3) is 3.32. The number of rotatable bonds is 3. The maximum absolute atomic E-state index is 14.8. The van der Waals surface area contributed by atoms with Crippen molar-refractivity contribution < 1.29 is 14.3 Å². The van der Waals surface area contributed by atoms with Gasteiger partial charge in [0.15, 0.2) is 5.96 Å². The molecular weight excluding hydrogens is 353 g/mol. The number of aromatic nitrogens is 1. The Labute approximate surface area is 155 Å². The van der Waals surface area contributed by atoms with E-state index in [9.17, 15) is 19.1 Å². The summed E-state index contributed by atoms with van der Waals surface area (Å²) in [6.07, 6.45) is 1.31. The average Bonchev–Trinajstić information content (AvgIpc) is 2.67. The number of aromatic carboxylic acids is 1. The molecule has 1 aliphatic heterocycles. The van der Waals surface area contributed by atoms with Crippen LogP contribution in [0.25, 0.3) is 10.9 Å². The number of halogens is 1. The molecule has 2 aromatic rings. The van der Waals surface area contributed by atoms with Gasteiger partial charge in [-0.3, -0.25) is 9.79 Å². The molecule has 1 aliphatic rings. The van der Waals surface area contributed by atoms with Crippen LogP contribution in [0.2, 0.25) is 0 Å². The van der Waals surface area contributed by atoms with Gasteiger partial charge in [0.1, 0.15) is 11.4 Å². The lowest BCUT2D eigenvalue weighted by atomic mass is 10.1. The molecule has 0 bridgehead atoms. The summed E-state index contributed by atoms with van der Waals surface area (Å²) < 4.78 is 16.4. The van der Waals surface area contributed by atoms with Crippen molar-refractivity contribution in [3.05, 3.63) is 39.9 Å². The number of benzene rings is 1. The van der Waals surface area contributed by atoms with Gasteiger partial charge in [-0.15, -0.1) is 0 Å². The first-order valence-corrected chi connectivity index (χ1v) is 8.69. The van der Waals surface area contributed by atoms with Crippen LogP contribution in [-0.2, 0) is 6.54 Å². The number of aryl methyl sites for hydroxylation is 1. The van der Waals surface area contributed by atoms with E-state index in [1.807, 2.05) is 16.7 Å². The highest BCUT2D eigenvalue weighted by atomic mass is 19.1. The molecule has 1 saturated heterocycles. The maximum atomic E-state index is 14.8. The Kier molecular flexibility index (Phi) is 5.02. The molecule has 0 saturated carbocycles. The van der Waals surface area contributed by atoms with Gasteiger partial charge in [0.25, 0.3) is 0 Å². The fraction of sp³-hybridized carbons (Fsp3) is 0.389. The van der Waals surface area contributed by atoms with Gasteiger partial charge in [0, 0.05) is 51.4 Å². The van der Waals surface area contributed by atoms with Crippen LogP contribution in [0.1, 0.15) is 17.3 Å². The average molecular weight is 375 g/mol. The summed E-state index contributed by atoms with van der Waals surface area (Å²) in [5, 5.41) is 9.29. The van der Waals surface area contributed by atoms with Gasteiger partial charge < -0.3 is 25.2 Å². The molecule has 1 fully saturated rings. The summed E-state index contributed by atoms with van der Waals surface area (Å²) in [5.41, 5.74) is 5.69. The largest absolute Gasteiger partial charge is 0.477 e. The van der Waals surface area contributed by atoms with Crippen LogP contribution in [-0.4, -0.2) is 59.7 Å². The first-order chi connectivity index (χ1) is 12.9. The number of anilines is 1. The standard InChI is InChI=1S/C18H22FN5O3/c1-3-22-10-12(17(26)27)16(25)11-8-13(19)15(9-14(11)22)23-4-6-24(7-5-23)18(20)21-2/h8-10H,3-7H2,1-2H3,(H2,20,21)(H,26,27). The number of piperazine rings is 1. The summed E-state index contributed by atoms with van der Waals surface area (Å²) in [4.78, 5) is 31.5. The van der Waals surface area contributed by atoms with Gasteiger partial charge in [-0.05, 0) is 19.1 Å². The first kappa shape index (κ1) is 18.7. The van der Waals surface area contributed by atoms with Crippen LogP contribution in [0.3, 0.4) is 0 Å². The molecule has 0 amide bonds. The second-order valence-corrected chi connectivity index (χ2v) is 6.34. The molecule has 1 aromatic heterocycles. The molecule has 9 heteroatoms. The van der Waals surface area contributed by atoms with E-state index in [-0.39, 0.29) is 10.9 Å². The number of pyridine rings is 1. The number of guanidine groups is 1. The molecule has 1 aromatic carbocycles. The van der Waals surface area contributed by atoms with Gasteiger partial charge in [0.05, 0.1) is 11.2 Å². The predicted molar refractivity (Wildman–Crippen MR) is 102 cm³/mol. The summed E-state index contributed by atoms with van der Waals surface area (Å²) in [5.74, 6) is -1.41. The molecule has 8 nitrogen and oxygen atoms in total. The molecule has 0 atom stereocenters. The highest BCUT2D eigenvalue weighted by Crippen LogP contribution is 2.26. The van der Waals surface area contributed by atoms with Crippen molar-refractivity contribution >= 4 is 28.5 Å². The first-order valence-electron chi connectivity index (χ1n) is 8.69. The lowest BCUT2D eigenvalue weighted by Gasteiger charge is -2.36. The Hall–Kier alpha value is -3.10. The van der Waals surface area contributed by atoms with E-state index in [0.29, 0.717) is 49.9 Å². The van der Waals surface area contributed by atoms with E-state index >= 15 is 0 Å². The second kappa shape index (κ2) is 7.26. The highest BCUT2D eigenvalue weighted by molar-refractivity contribution is 5.93. The van der Waals surface area contributed by atoms with Crippen LogP contribution < -0.4 is 16.1 Å². The number of nitrogens with two attached hydrogens (primary N) is 1. The lowest BCUT2D eigenvalue weighted by Crippen LogP contribution is -2.51. The smallest absolute Gasteiger partial charge is 0.341 e. The van der Waals surface area contributed by atoms with Crippen molar-refractivity contribution in [2.75, 3.05) is 38.1 Å².